The number of carbonyl (C=O) groups excluding carboxylic acids is 2. The molecule has 0 radical (unpaired) electrons. The van der Waals surface area contributed by atoms with Crippen LogP contribution in [-0.2, 0) is 11.3 Å². The first-order valence-corrected chi connectivity index (χ1v) is 15.6. The third-order valence-electron chi connectivity index (χ3n) is 8.51. The summed E-state index contributed by atoms with van der Waals surface area (Å²) >= 11 is 0. The molecule has 3 aromatic carbocycles. The standard InChI is InChI=1S/C35H44N4O5/c1-24-20-39(25(2)23-40)35(42)30-10-7-11-31(37-34(41)27-16-18-36-19-17-27)33(30)44-32(24)22-38(3)21-26-12-14-29(15-13-26)43-28-8-5-4-6-9-28/h4-15,24-25,27,32,36,40H,16-23H2,1-3H3,(H,37,41)/t24-,25+,32-/m0/s1. The minimum Gasteiger partial charge on any atom is -0.486 e. The summed E-state index contributed by atoms with van der Waals surface area (Å²) < 4.78 is 12.6. The van der Waals surface area contributed by atoms with Gasteiger partial charge in [0.05, 0.1) is 23.9 Å². The van der Waals surface area contributed by atoms with Crippen LogP contribution in [0.1, 0.15) is 42.6 Å². The zero-order valence-corrected chi connectivity index (χ0v) is 25.9. The Bertz CT molecular complexity index is 1390. The molecule has 2 heterocycles. The van der Waals surface area contributed by atoms with E-state index >= 15 is 0 Å². The van der Waals surface area contributed by atoms with Gasteiger partial charge in [-0.25, -0.2) is 0 Å². The van der Waals surface area contributed by atoms with Gasteiger partial charge in [0.1, 0.15) is 17.6 Å². The molecule has 0 aliphatic carbocycles. The number of likely N-dealkylation sites (N-methyl/N-ethyl adjacent to an activating group) is 1. The SMILES string of the molecule is C[C@H](CO)N1C[C@H](C)[C@H](CN(C)Cc2ccc(Oc3ccccc3)cc2)Oc2c(NC(=O)C3CCNCC3)cccc2C1=O. The zero-order chi connectivity index (χ0) is 31.1. The fourth-order valence-corrected chi connectivity index (χ4v) is 5.85. The first-order valence-electron chi connectivity index (χ1n) is 15.6. The molecule has 0 saturated carbocycles. The number of hydrogen-bond acceptors (Lipinski definition) is 7. The molecule has 9 heteroatoms. The lowest BCUT2D eigenvalue weighted by Crippen LogP contribution is -2.49. The van der Waals surface area contributed by atoms with Crippen molar-refractivity contribution in [3.63, 3.8) is 0 Å². The Kier molecular flexibility index (Phi) is 10.5. The lowest BCUT2D eigenvalue weighted by molar-refractivity contribution is -0.120. The highest BCUT2D eigenvalue weighted by Crippen LogP contribution is 2.35. The first-order chi connectivity index (χ1) is 21.3. The lowest BCUT2D eigenvalue weighted by Gasteiger charge is -2.38. The molecule has 2 aliphatic rings. The maximum absolute atomic E-state index is 13.8. The van der Waals surface area contributed by atoms with Crippen molar-refractivity contribution in [2.75, 3.05) is 45.2 Å². The predicted octanol–water partition coefficient (Wildman–Crippen LogP) is 4.77. The van der Waals surface area contributed by atoms with Crippen LogP contribution in [0.4, 0.5) is 5.69 Å². The Labute approximate surface area is 260 Å². The van der Waals surface area contributed by atoms with Crippen LogP contribution in [0.3, 0.4) is 0 Å². The van der Waals surface area contributed by atoms with Crippen molar-refractivity contribution in [2.24, 2.45) is 11.8 Å². The number of nitrogens with zero attached hydrogens (tertiary/aromatic N) is 2. The number of benzene rings is 3. The zero-order valence-electron chi connectivity index (χ0n) is 25.9. The predicted molar refractivity (Wildman–Crippen MR) is 171 cm³/mol. The number of amides is 2. The molecule has 2 aliphatic heterocycles. The fraction of sp³-hybridized carbons (Fsp3) is 0.429. The molecule has 5 rings (SSSR count). The largest absolute Gasteiger partial charge is 0.486 e. The van der Waals surface area contributed by atoms with E-state index in [2.05, 4.69) is 34.6 Å². The molecular formula is C35H44N4O5. The van der Waals surface area contributed by atoms with E-state index in [1.807, 2.05) is 56.4 Å². The Hall–Kier alpha value is -3.92. The number of rotatable bonds is 10. The van der Waals surface area contributed by atoms with Crippen molar-refractivity contribution < 1.29 is 24.2 Å². The third kappa shape index (κ3) is 7.77. The molecule has 3 atom stereocenters. The van der Waals surface area contributed by atoms with Crippen LogP contribution in [-0.4, -0.2) is 78.7 Å². The van der Waals surface area contributed by atoms with Crippen LogP contribution >= 0.6 is 0 Å². The number of aliphatic hydroxyl groups excluding tert-OH is 1. The molecule has 44 heavy (non-hydrogen) atoms. The maximum Gasteiger partial charge on any atom is 0.258 e. The molecule has 3 N–H and O–H groups in total. The van der Waals surface area contributed by atoms with E-state index in [1.165, 1.54) is 0 Å². The van der Waals surface area contributed by atoms with E-state index in [0.717, 1.165) is 43.0 Å². The number of aliphatic hydroxyl groups is 1. The van der Waals surface area contributed by atoms with Gasteiger partial charge in [0.15, 0.2) is 5.75 Å². The number of carbonyl (C=O) groups is 2. The highest BCUT2D eigenvalue weighted by molar-refractivity contribution is 6.02. The van der Waals surface area contributed by atoms with Crippen LogP contribution in [0, 0.1) is 11.8 Å². The molecule has 0 aromatic heterocycles. The van der Waals surface area contributed by atoms with Gasteiger partial charge in [-0.2, -0.15) is 0 Å². The van der Waals surface area contributed by atoms with Crippen LogP contribution in [0.15, 0.2) is 72.8 Å². The molecular weight excluding hydrogens is 556 g/mol. The van der Waals surface area contributed by atoms with Gasteiger partial charge in [-0.15, -0.1) is 0 Å². The monoisotopic (exact) mass is 600 g/mol. The van der Waals surface area contributed by atoms with Crippen LogP contribution in [0.2, 0.25) is 0 Å². The summed E-state index contributed by atoms with van der Waals surface area (Å²) in [5.41, 5.74) is 2.03. The number of nitrogens with one attached hydrogen (secondary N) is 2. The van der Waals surface area contributed by atoms with Crippen molar-refractivity contribution in [2.45, 2.75) is 45.4 Å². The number of fused-ring (bicyclic) bond motifs is 1. The van der Waals surface area contributed by atoms with Gasteiger partial charge in [-0.3, -0.25) is 14.5 Å². The van der Waals surface area contributed by atoms with Gasteiger partial charge in [-0.05, 0) is 81.9 Å². The highest BCUT2D eigenvalue weighted by Gasteiger charge is 2.35. The minimum atomic E-state index is -0.362. The molecule has 1 fully saturated rings. The van der Waals surface area contributed by atoms with Gasteiger partial charge >= 0.3 is 0 Å². The summed E-state index contributed by atoms with van der Waals surface area (Å²) in [6.45, 7) is 7.11. The molecule has 2 amide bonds. The molecule has 3 aromatic rings. The second kappa shape index (κ2) is 14.7. The van der Waals surface area contributed by atoms with E-state index in [0.29, 0.717) is 36.6 Å². The topological polar surface area (TPSA) is 103 Å². The first kappa shape index (κ1) is 31.5. The third-order valence-corrected chi connectivity index (χ3v) is 8.51. The van der Waals surface area contributed by atoms with Crippen molar-refractivity contribution in [1.29, 1.82) is 0 Å². The average Bonchev–Trinajstić information content (AvgIpc) is 3.04. The quantitative estimate of drug-likeness (QED) is 0.308. The fourth-order valence-electron chi connectivity index (χ4n) is 5.85. The summed E-state index contributed by atoms with van der Waals surface area (Å²) in [6.07, 6.45) is 1.26. The van der Waals surface area contributed by atoms with E-state index in [4.69, 9.17) is 9.47 Å². The summed E-state index contributed by atoms with van der Waals surface area (Å²) in [4.78, 5) is 30.9. The van der Waals surface area contributed by atoms with Crippen molar-refractivity contribution in [1.82, 2.24) is 15.1 Å². The minimum absolute atomic E-state index is 0.0432. The molecule has 0 spiro atoms. The van der Waals surface area contributed by atoms with Crippen LogP contribution < -0.4 is 20.1 Å². The summed E-state index contributed by atoms with van der Waals surface area (Å²) in [5, 5.41) is 16.4. The molecule has 234 valence electrons. The van der Waals surface area contributed by atoms with E-state index in [1.54, 1.807) is 23.1 Å². The van der Waals surface area contributed by atoms with Gasteiger partial charge in [0.2, 0.25) is 5.91 Å². The smallest absolute Gasteiger partial charge is 0.258 e. The lowest BCUT2D eigenvalue weighted by atomic mass is 9.96. The number of hydrogen-bond donors (Lipinski definition) is 3. The number of ether oxygens (including phenoxy) is 2. The van der Waals surface area contributed by atoms with Gasteiger partial charge in [-0.1, -0.05) is 43.3 Å². The molecule has 9 nitrogen and oxygen atoms in total. The molecule has 1 saturated heterocycles. The van der Waals surface area contributed by atoms with E-state index in [-0.39, 0.29) is 42.4 Å². The van der Waals surface area contributed by atoms with Gasteiger partial charge in [0, 0.05) is 31.5 Å². The highest BCUT2D eigenvalue weighted by atomic mass is 16.5. The van der Waals surface area contributed by atoms with Crippen molar-refractivity contribution in [3.8, 4) is 17.2 Å². The molecule has 0 bridgehead atoms. The van der Waals surface area contributed by atoms with Crippen LogP contribution in [0.5, 0.6) is 17.2 Å². The second-order valence-corrected chi connectivity index (χ2v) is 12.1. The van der Waals surface area contributed by atoms with Crippen molar-refractivity contribution in [3.05, 3.63) is 83.9 Å². The Morgan fingerprint density at radius 2 is 1.77 bits per heavy atom. The number of piperidine rings is 1. The summed E-state index contributed by atoms with van der Waals surface area (Å²) in [6, 6.07) is 22.7. The normalized spacial score (nSPS) is 19.8. The van der Waals surface area contributed by atoms with Crippen molar-refractivity contribution >= 4 is 17.5 Å². The summed E-state index contributed by atoms with van der Waals surface area (Å²) in [5.74, 6) is 1.56. The summed E-state index contributed by atoms with van der Waals surface area (Å²) in [7, 11) is 2.05. The Balaban J connectivity index is 1.34. The Morgan fingerprint density at radius 3 is 2.48 bits per heavy atom. The molecule has 0 unspecified atom stereocenters. The second-order valence-electron chi connectivity index (χ2n) is 12.1. The Morgan fingerprint density at radius 1 is 1.07 bits per heavy atom. The number of para-hydroxylation sites is 2. The van der Waals surface area contributed by atoms with E-state index < -0.39 is 0 Å². The van der Waals surface area contributed by atoms with Gasteiger partial charge < -0.3 is 30.1 Å². The number of anilines is 1. The van der Waals surface area contributed by atoms with Crippen LogP contribution in [0.25, 0.3) is 0 Å². The van der Waals surface area contributed by atoms with E-state index in [9.17, 15) is 14.7 Å². The average molecular weight is 601 g/mol. The maximum atomic E-state index is 13.8. The van der Waals surface area contributed by atoms with Gasteiger partial charge in [0.25, 0.3) is 5.91 Å².